The van der Waals surface area contributed by atoms with Gasteiger partial charge in [-0.05, 0) is 43.7 Å². The number of nitrogens with zero attached hydrogens (tertiary/aromatic N) is 1. The Balaban J connectivity index is 1.60. The molecule has 0 saturated carbocycles. The van der Waals surface area contributed by atoms with Crippen LogP contribution in [0.15, 0.2) is 54.6 Å². The fourth-order valence-corrected chi connectivity index (χ4v) is 5.85. The van der Waals surface area contributed by atoms with Crippen LogP contribution < -0.4 is 4.74 Å². The summed E-state index contributed by atoms with van der Waals surface area (Å²) in [6.07, 6.45) is 21.1. The van der Waals surface area contributed by atoms with Crippen LogP contribution in [0.3, 0.4) is 0 Å². The van der Waals surface area contributed by atoms with Gasteiger partial charge in [-0.25, -0.2) is 4.79 Å². The molecule has 1 unspecified atom stereocenters. The first-order chi connectivity index (χ1) is 20.5. The van der Waals surface area contributed by atoms with Crippen molar-refractivity contribution in [3.63, 3.8) is 0 Å². The van der Waals surface area contributed by atoms with Crippen LogP contribution in [0, 0.1) is 0 Å². The van der Waals surface area contributed by atoms with E-state index < -0.39 is 0 Å². The number of aryl methyl sites for hydroxylation is 1. The van der Waals surface area contributed by atoms with Crippen LogP contribution in [-0.2, 0) is 22.5 Å². The third-order valence-electron chi connectivity index (χ3n) is 8.42. The van der Waals surface area contributed by atoms with Gasteiger partial charge in [-0.15, -0.1) is 0 Å². The molecule has 0 N–H and O–H groups in total. The Hall–Kier alpha value is -2.33. The molecule has 0 amide bonds. The fraction of sp³-hybridized carbons (Fsp3) is 0.658. The van der Waals surface area contributed by atoms with E-state index in [4.69, 9.17) is 9.47 Å². The first-order valence-electron chi connectivity index (χ1n) is 17.2. The zero-order chi connectivity index (χ0) is 30.3. The summed E-state index contributed by atoms with van der Waals surface area (Å²) in [6, 6.07) is 18.7. The molecule has 0 bridgehead atoms. The lowest BCUT2D eigenvalue weighted by molar-refractivity contribution is -0.920. The van der Waals surface area contributed by atoms with Crippen molar-refractivity contribution in [1.29, 1.82) is 0 Å². The van der Waals surface area contributed by atoms with Crippen molar-refractivity contribution in [3.8, 4) is 5.75 Å². The minimum Gasteiger partial charge on any atom is -0.493 e. The van der Waals surface area contributed by atoms with Crippen molar-refractivity contribution in [2.75, 3.05) is 27.3 Å². The fourth-order valence-electron chi connectivity index (χ4n) is 5.85. The van der Waals surface area contributed by atoms with Gasteiger partial charge in [-0.3, -0.25) is 0 Å². The van der Waals surface area contributed by atoms with E-state index in [-0.39, 0.29) is 12.0 Å². The number of rotatable bonds is 25. The molecule has 4 heteroatoms. The number of hydrogen-bond acceptors (Lipinski definition) is 3. The Kier molecular flexibility index (Phi) is 19.0. The molecule has 0 aliphatic carbocycles. The van der Waals surface area contributed by atoms with E-state index in [0.29, 0.717) is 17.7 Å². The van der Waals surface area contributed by atoms with E-state index >= 15 is 0 Å². The van der Waals surface area contributed by atoms with Crippen molar-refractivity contribution in [2.24, 2.45) is 0 Å². The van der Waals surface area contributed by atoms with E-state index in [1.807, 2.05) is 6.07 Å². The molecule has 2 rings (SSSR count). The molecule has 236 valence electrons. The van der Waals surface area contributed by atoms with E-state index in [1.165, 1.54) is 88.2 Å². The zero-order valence-corrected chi connectivity index (χ0v) is 27.6. The minimum absolute atomic E-state index is 0.0774. The molecule has 0 fully saturated rings. The van der Waals surface area contributed by atoms with Crippen LogP contribution in [0.2, 0.25) is 0 Å². The summed E-state index contributed by atoms with van der Waals surface area (Å²) in [4.78, 5) is 13.1. The Labute approximate surface area is 258 Å². The smallest absolute Gasteiger partial charge is 0.364 e. The molecule has 0 heterocycles. The SMILES string of the molecule is CCCCCCCCCCCCCCc1ccccc1OCCCCOC(=O)C(CCC)[N+](C)(C)Cc1ccccc1. The third-order valence-corrected chi connectivity index (χ3v) is 8.42. The molecule has 2 aromatic carbocycles. The molecule has 0 aliphatic rings. The number of carbonyl (C=O) groups excluding carboxylic acids is 1. The lowest BCUT2D eigenvalue weighted by atomic mass is 10.0. The van der Waals surface area contributed by atoms with Gasteiger partial charge in [-0.1, -0.05) is 133 Å². The van der Waals surface area contributed by atoms with Gasteiger partial charge in [0.1, 0.15) is 12.3 Å². The number of ether oxygens (including phenoxy) is 2. The summed E-state index contributed by atoms with van der Waals surface area (Å²) >= 11 is 0. The third kappa shape index (κ3) is 15.2. The van der Waals surface area contributed by atoms with Crippen LogP contribution >= 0.6 is 0 Å². The second-order valence-corrected chi connectivity index (χ2v) is 12.7. The molecule has 0 aliphatic heterocycles. The molecule has 42 heavy (non-hydrogen) atoms. The number of quaternary nitrogens is 1. The van der Waals surface area contributed by atoms with Gasteiger partial charge in [0.25, 0.3) is 0 Å². The van der Waals surface area contributed by atoms with Gasteiger partial charge in [0, 0.05) is 12.0 Å². The standard InChI is InChI=1S/C38H62NO3/c1-5-7-8-9-10-11-12-13-14-15-16-20-28-35-29-21-22-30-37(35)41-31-23-24-32-42-38(40)36(25-6-2)39(3,4)33-34-26-18-17-19-27-34/h17-19,21-22,26-27,29-30,36H,5-16,20,23-25,28,31-33H2,1-4H3/q+1. The van der Waals surface area contributed by atoms with Crippen LogP contribution in [0.25, 0.3) is 0 Å². The summed E-state index contributed by atoms with van der Waals surface area (Å²) < 4.78 is 12.5. The average molecular weight is 581 g/mol. The zero-order valence-electron chi connectivity index (χ0n) is 27.6. The normalized spacial score (nSPS) is 12.3. The Morgan fingerprint density at radius 1 is 0.667 bits per heavy atom. The summed E-state index contributed by atoms with van der Waals surface area (Å²) in [5.41, 5.74) is 2.56. The summed E-state index contributed by atoms with van der Waals surface area (Å²) in [7, 11) is 4.27. The number of esters is 1. The maximum absolute atomic E-state index is 13.1. The van der Waals surface area contributed by atoms with Crippen molar-refractivity contribution < 1.29 is 18.8 Å². The van der Waals surface area contributed by atoms with Crippen molar-refractivity contribution in [2.45, 2.75) is 136 Å². The second-order valence-electron chi connectivity index (χ2n) is 12.7. The maximum Gasteiger partial charge on any atom is 0.364 e. The number of unbranched alkanes of at least 4 members (excludes halogenated alkanes) is 12. The molecule has 0 radical (unpaired) electrons. The molecule has 4 nitrogen and oxygen atoms in total. The number of carbonyl (C=O) groups is 1. The van der Waals surface area contributed by atoms with Crippen molar-refractivity contribution in [3.05, 3.63) is 65.7 Å². The highest BCUT2D eigenvalue weighted by Gasteiger charge is 2.35. The maximum atomic E-state index is 13.1. The number of likely N-dealkylation sites (N-methyl/N-ethyl adjacent to an activating group) is 1. The first-order valence-corrected chi connectivity index (χ1v) is 17.2. The topological polar surface area (TPSA) is 35.5 Å². The largest absolute Gasteiger partial charge is 0.493 e. The number of para-hydroxylation sites is 1. The highest BCUT2D eigenvalue weighted by molar-refractivity contribution is 5.74. The van der Waals surface area contributed by atoms with Crippen molar-refractivity contribution in [1.82, 2.24) is 0 Å². The lowest BCUT2D eigenvalue weighted by Crippen LogP contribution is -2.52. The van der Waals surface area contributed by atoms with E-state index in [2.05, 4.69) is 76.5 Å². The lowest BCUT2D eigenvalue weighted by Gasteiger charge is -2.36. The quantitative estimate of drug-likeness (QED) is 0.0666. The van der Waals surface area contributed by atoms with Gasteiger partial charge in [0.05, 0.1) is 27.3 Å². The van der Waals surface area contributed by atoms with Crippen LogP contribution in [0.5, 0.6) is 5.75 Å². The van der Waals surface area contributed by atoms with Crippen molar-refractivity contribution >= 4 is 5.97 Å². The molecule has 0 saturated heterocycles. The molecule has 0 aromatic heterocycles. The molecule has 0 spiro atoms. The predicted octanol–water partition coefficient (Wildman–Crippen LogP) is 10.1. The Bertz CT molecular complexity index is 942. The van der Waals surface area contributed by atoms with E-state index in [9.17, 15) is 4.79 Å². The summed E-state index contributed by atoms with van der Waals surface area (Å²) in [5.74, 6) is 0.937. The first kappa shape index (κ1) is 35.9. The average Bonchev–Trinajstić information content (AvgIpc) is 2.99. The molecule has 2 aromatic rings. The molecular weight excluding hydrogens is 518 g/mol. The van der Waals surface area contributed by atoms with Crippen LogP contribution in [0.1, 0.15) is 128 Å². The predicted molar refractivity (Wildman–Crippen MR) is 178 cm³/mol. The second kappa shape index (κ2) is 22.2. The Morgan fingerprint density at radius 3 is 1.88 bits per heavy atom. The van der Waals surface area contributed by atoms with Gasteiger partial charge < -0.3 is 14.0 Å². The monoisotopic (exact) mass is 580 g/mol. The van der Waals surface area contributed by atoms with Crippen LogP contribution in [-0.4, -0.2) is 43.8 Å². The highest BCUT2D eigenvalue weighted by atomic mass is 16.5. The van der Waals surface area contributed by atoms with E-state index in [1.54, 1.807) is 0 Å². The van der Waals surface area contributed by atoms with Gasteiger partial charge >= 0.3 is 5.97 Å². The van der Waals surface area contributed by atoms with Crippen LogP contribution in [0.4, 0.5) is 0 Å². The highest BCUT2D eigenvalue weighted by Crippen LogP contribution is 2.22. The minimum atomic E-state index is -0.154. The number of benzene rings is 2. The Morgan fingerprint density at radius 2 is 1.24 bits per heavy atom. The summed E-state index contributed by atoms with van der Waals surface area (Å²) in [6.45, 7) is 6.34. The van der Waals surface area contributed by atoms with E-state index in [0.717, 1.165) is 44.4 Å². The van der Waals surface area contributed by atoms with Gasteiger partial charge in [-0.2, -0.15) is 0 Å². The summed E-state index contributed by atoms with van der Waals surface area (Å²) in [5, 5.41) is 0. The van der Waals surface area contributed by atoms with Gasteiger partial charge in [0.15, 0.2) is 6.04 Å². The number of hydrogen-bond donors (Lipinski definition) is 0. The van der Waals surface area contributed by atoms with Gasteiger partial charge in [0.2, 0.25) is 0 Å². The molecular formula is C38H62NO3+. The molecule has 1 atom stereocenters.